The molecule has 0 aliphatic carbocycles. The van der Waals surface area contributed by atoms with E-state index in [1.54, 1.807) is 41.5 Å². The number of amides is 2. The SMILES string of the molecule is COc1cc(OC)cc(C(=O)NCC(=O)N(C)Cc2nc3ccccc3s2)c1. The summed E-state index contributed by atoms with van der Waals surface area (Å²) in [5, 5.41) is 3.48. The molecule has 0 aliphatic rings. The van der Waals surface area contributed by atoms with Gasteiger partial charge in [0, 0.05) is 18.7 Å². The van der Waals surface area contributed by atoms with Gasteiger partial charge in [0.05, 0.1) is 37.5 Å². The maximum Gasteiger partial charge on any atom is 0.251 e. The van der Waals surface area contributed by atoms with E-state index in [4.69, 9.17) is 9.47 Å². The van der Waals surface area contributed by atoms with Crippen LogP contribution in [0, 0.1) is 0 Å². The summed E-state index contributed by atoms with van der Waals surface area (Å²) in [6.07, 6.45) is 0. The molecule has 0 aliphatic heterocycles. The van der Waals surface area contributed by atoms with Crippen LogP contribution in [-0.2, 0) is 11.3 Å². The van der Waals surface area contributed by atoms with Crippen molar-refractivity contribution in [2.24, 2.45) is 0 Å². The molecular weight excluding hydrogens is 378 g/mol. The Hall–Kier alpha value is -3.13. The first-order valence-corrected chi connectivity index (χ1v) is 9.41. The van der Waals surface area contributed by atoms with E-state index < -0.39 is 0 Å². The molecule has 0 atom stereocenters. The summed E-state index contributed by atoms with van der Waals surface area (Å²) in [5.74, 6) is 0.425. The van der Waals surface area contributed by atoms with Gasteiger partial charge in [-0.15, -0.1) is 11.3 Å². The summed E-state index contributed by atoms with van der Waals surface area (Å²) in [6, 6.07) is 12.7. The Morgan fingerprint density at radius 2 is 1.79 bits per heavy atom. The van der Waals surface area contributed by atoms with Crippen molar-refractivity contribution < 1.29 is 19.1 Å². The summed E-state index contributed by atoms with van der Waals surface area (Å²) in [5.41, 5.74) is 1.28. The second-order valence-electron chi connectivity index (χ2n) is 6.11. The number of carbonyl (C=O) groups is 2. The zero-order valence-electron chi connectivity index (χ0n) is 15.9. The predicted molar refractivity (Wildman–Crippen MR) is 108 cm³/mol. The number of hydrogen-bond donors (Lipinski definition) is 1. The first-order chi connectivity index (χ1) is 13.5. The molecule has 0 spiro atoms. The van der Waals surface area contributed by atoms with Crippen LogP contribution in [0.4, 0.5) is 0 Å². The Morgan fingerprint density at radius 1 is 1.11 bits per heavy atom. The molecule has 2 aromatic carbocycles. The van der Waals surface area contributed by atoms with Gasteiger partial charge in [0.25, 0.3) is 5.91 Å². The van der Waals surface area contributed by atoms with Gasteiger partial charge in [-0.2, -0.15) is 0 Å². The minimum Gasteiger partial charge on any atom is -0.497 e. The van der Waals surface area contributed by atoms with Crippen molar-refractivity contribution in [1.29, 1.82) is 0 Å². The van der Waals surface area contributed by atoms with Crippen LogP contribution in [-0.4, -0.2) is 49.5 Å². The minimum atomic E-state index is -0.376. The minimum absolute atomic E-state index is 0.111. The molecule has 0 saturated carbocycles. The largest absolute Gasteiger partial charge is 0.497 e. The van der Waals surface area contributed by atoms with Crippen molar-refractivity contribution in [3.8, 4) is 11.5 Å². The van der Waals surface area contributed by atoms with Crippen LogP contribution < -0.4 is 14.8 Å². The van der Waals surface area contributed by atoms with Gasteiger partial charge in [-0.1, -0.05) is 12.1 Å². The van der Waals surface area contributed by atoms with Gasteiger partial charge in [-0.3, -0.25) is 9.59 Å². The molecule has 0 bridgehead atoms. The number of hydrogen-bond acceptors (Lipinski definition) is 6. The summed E-state index contributed by atoms with van der Waals surface area (Å²) in [4.78, 5) is 30.8. The molecule has 146 valence electrons. The first kappa shape index (κ1) is 19.6. The fourth-order valence-corrected chi connectivity index (χ4v) is 3.63. The molecule has 8 heteroatoms. The van der Waals surface area contributed by atoms with E-state index in [1.807, 2.05) is 24.3 Å². The number of aromatic nitrogens is 1. The molecular formula is C20H21N3O4S. The van der Waals surface area contributed by atoms with E-state index in [-0.39, 0.29) is 18.4 Å². The van der Waals surface area contributed by atoms with E-state index >= 15 is 0 Å². The van der Waals surface area contributed by atoms with E-state index in [1.165, 1.54) is 14.2 Å². The molecule has 7 nitrogen and oxygen atoms in total. The molecule has 1 N–H and O–H groups in total. The number of benzene rings is 2. The van der Waals surface area contributed by atoms with Crippen LogP contribution in [0.15, 0.2) is 42.5 Å². The zero-order chi connectivity index (χ0) is 20.1. The van der Waals surface area contributed by atoms with Gasteiger partial charge in [-0.25, -0.2) is 4.98 Å². The molecule has 0 unspecified atom stereocenters. The molecule has 28 heavy (non-hydrogen) atoms. The molecule has 0 saturated heterocycles. The number of thiazole rings is 1. The van der Waals surface area contributed by atoms with Crippen LogP contribution in [0.25, 0.3) is 10.2 Å². The number of nitrogens with one attached hydrogen (secondary N) is 1. The van der Waals surface area contributed by atoms with Crippen LogP contribution in [0.2, 0.25) is 0 Å². The number of ether oxygens (including phenoxy) is 2. The number of para-hydroxylation sites is 1. The van der Waals surface area contributed by atoms with Gasteiger partial charge in [0.15, 0.2) is 0 Å². The second-order valence-corrected chi connectivity index (χ2v) is 7.22. The summed E-state index contributed by atoms with van der Waals surface area (Å²) in [7, 11) is 4.71. The third-order valence-corrected chi connectivity index (χ3v) is 5.17. The monoisotopic (exact) mass is 399 g/mol. The third-order valence-electron chi connectivity index (χ3n) is 4.15. The van der Waals surface area contributed by atoms with Crippen LogP contribution in [0.1, 0.15) is 15.4 Å². The van der Waals surface area contributed by atoms with Crippen molar-refractivity contribution in [2.75, 3.05) is 27.8 Å². The van der Waals surface area contributed by atoms with Crippen LogP contribution in [0.3, 0.4) is 0 Å². The maximum absolute atomic E-state index is 12.4. The lowest BCUT2D eigenvalue weighted by Gasteiger charge is -2.16. The van der Waals surface area contributed by atoms with Crippen molar-refractivity contribution >= 4 is 33.4 Å². The van der Waals surface area contributed by atoms with Gasteiger partial charge < -0.3 is 19.7 Å². The molecule has 0 radical (unpaired) electrons. The summed E-state index contributed by atoms with van der Waals surface area (Å²) < 4.78 is 11.4. The number of likely N-dealkylation sites (N-methyl/N-ethyl adjacent to an activating group) is 1. The van der Waals surface area contributed by atoms with Gasteiger partial charge >= 0.3 is 0 Å². The smallest absolute Gasteiger partial charge is 0.251 e. The highest BCUT2D eigenvalue weighted by Gasteiger charge is 2.15. The van der Waals surface area contributed by atoms with Crippen LogP contribution >= 0.6 is 11.3 Å². The van der Waals surface area contributed by atoms with Crippen LogP contribution in [0.5, 0.6) is 11.5 Å². The summed E-state index contributed by atoms with van der Waals surface area (Å²) in [6.45, 7) is 0.279. The average molecular weight is 399 g/mol. The van der Waals surface area contributed by atoms with E-state index in [9.17, 15) is 9.59 Å². The summed E-state index contributed by atoms with van der Waals surface area (Å²) >= 11 is 1.55. The second kappa shape index (κ2) is 8.71. The highest BCUT2D eigenvalue weighted by molar-refractivity contribution is 7.18. The Labute approximate surface area is 166 Å². The lowest BCUT2D eigenvalue weighted by atomic mass is 10.2. The highest BCUT2D eigenvalue weighted by Crippen LogP contribution is 2.23. The van der Waals surface area contributed by atoms with Crippen molar-refractivity contribution in [3.05, 3.63) is 53.0 Å². The van der Waals surface area contributed by atoms with Crippen molar-refractivity contribution in [1.82, 2.24) is 15.2 Å². The molecule has 1 aromatic heterocycles. The Bertz CT molecular complexity index is 947. The lowest BCUT2D eigenvalue weighted by Crippen LogP contribution is -2.37. The Balaban J connectivity index is 1.59. The fourth-order valence-electron chi connectivity index (χ4n) is 2.61. The molecule has 3 rings (SSSR count). The zero-order valence-corrected chi connectivity index (χ0v) is 16.7. The topological polar surface area (TPSA) is 80.8 Å². The first-order valence-electron chi connectivity index (χ1n) is 8.60. The molecule has 1 heterocycles. The van der Waals surface area contributed by atoms with Crippen molar-refractivity contribution in [2.45, 2.75) is 6.54 Å². The number of methoxy groups -OCH3 is 2. The van der Waals surface area contributed by atoms with E-state index in [2.05, 4.69) is 10.3 Å². The number of carbonyl (C=O) groups excluding carboxylic acids is 2. The molecule has 0 fully saturated rings. The number of fused-ring (bicyclic) bond motifs is 1. The highest BCUT2D eigenvalue weighted by atomic mass is 32.1. The van der Waals surface area contributed by atoms with Gasteiger partial charge in [-0.05, 0) is 24.3 Å². The Kier molecular flexibility index (Phi) is 6.10. The van der Waals surface area contributed by atoms with Gasteiger partial charge in [0.2, 0.25) is 5.91 Å². The predicted octanol–water partition coefficient (Wildman–Crippen LogP) is 2.70. The standard InChI is InChI=1S/C20H21N3O4S/c1-23(12-18-22-16-6-4-5-7-17(16)28-18)19(24)11-21-20(25)13-8-14(26-2)10-15(9-13)27-3/h4-10H,11-12H2,1-3H3,(H,21,25). The number of rotatable bonds is 7. The average Bonchev–Trinajstić information content (AvgIpc) is 3.13. The number of nitrogens with zero attached hydrogens (tertiary/aromatic N) is 2. The van der Waals surface area contributed by atoms with Crippen molar-refractivity contribution in [3.63, 3.8) is 0 Å². The molecule has 2 amide bonds. The van der Waals surface area contributed by atoms with Gasteiger partial charge in [0.1, 0.15) is 16.5 Å². The van der Waals surface area contributed by atoms with E-state index in [0.29, 0.717) is 23.6 Å². The molecule has 3 aromatic rings. The normalized spacial score (nSPS) is 10.5. The third kappa shape index (κ3) is 4.58. The van der Waals surface area contributed by atoms with E-state index in [0.717, 1.165) is 15.2 Å². The lowest BCUT2D eigenvalue weighted by molar-refractivity contribution is -0.129. The fraction of sp³-hybridized carbons (Fsp3) is 0.250. The Morgan fingerprint density at radius 3 is 2.43 bits per heavy atom. The quantitative estimate of drug-likeness (QED) is 0.661. The maximum atomic E-state index is 12.4.